The number of amides is 2. The maximum atomic E-state index is 12.1. The van der Waals surface area contributed by atoms with Crippen LogP contribution in [0.15, 0.2) is 30.3 Å². The number of carbonyl (C=O) groups excluding carboxylic acids is 2. The fourth-order valence-electron chi connectivity index (χ4n) is 2.60. The lowest BCUT2D eigenvalue weighted by molar-refractivity contribution is -0.123. The van der Waals surface area contributed by atoms with Gasteiger partial charge in [-0.05, 0) is 18.9 Å². The summed E-state index contributed by atoms with van der Waals surface area (Å²) in [5.74, 6) is -0.493. The Bertz CT molecular complexity index is 550. The number of piperidine rings is 1. The van der Waals surface area contributed by atoms with Crippen LogP contribution in [0.5, 0.6) is 0 Å². The average Bonchev–Trinajstić information content (AvgIpc) is 2.55. The number of nitrogens with zero attached hydrogens (tertiary/aromatic N) is 1. The quantitative estimate of drug-likeness (QED) is 0.814. The molecule has 0 spiro atoms. The summed E-state index contributed by atoms with van der Waals surface area (Å²) in [6.45, 7) is 2.26. The zero-order valence-electron chi connectivity index (χ0n) is 13.0. The fourth-order valence-corrected chi connectivity index (χ4v) is 2.68. The van der Waals surface area contributed by atoms with Gasteiger partial charge in [0.05, 0.1) is 18.2 Å². The number of hydrogen-bond donors (Lipinski definition) is 2. The molecule has 6 nitrogen and oxygen atoms in total. The SMILES string of the molecule is C[C@@]1(O)CN(C(=O)OCc2ccccc2)CC[C@H]1NC(=O)CCl. The number of benzene rings is 1. The van der Waals surface area contributed by atoms with Crippen LogP contribution >= 0.6 is 11.6 Å². The predicted molar refractivity (Wildman–Crippen MR) is 86.1 cm³/mol. The summed E-state index contributed by atoms with van der Waals surface area (Å²) in [6, 6.07) is 8.95. The van der Waals surface area contributed by atoms with Crippen LogP contribution in [0.25, 0.3) is 0 Å². The summed E-state index contributed by atoms with van der Waals surface area (Å²) in [6.07, 6.45) is -0.0352. The third-order valence-electron chi connectivity index (χ3n) is 3.87. The molecule has 1 heterocycles. The molecule has 7 heteroatoms. The van der Waals surface area contributed by atoms with E-state index in [4.69, 9.17) is 16.3 Å². The molecule has 0 aromatic heterocycles. The van der Waals surface area contributed by atoms with E-state index in [0.29, 0.717) is 13.0 Å². The van der Waals surface area contributed by atoms with Gasteiger partial charge in [0.15, 0.2) is 0 Å². The molecule has 1 saturated heterocycles. The Morgan fingerprint density at radius 1 is 1.43 bits per heavy atom. The molecule has 1 fully saturated rings. The first-order valence-electron chi connectivity index (χ1n) is 7.45. The highest BCUT2D eigenvalue weighted by Crippen LogP contribution is 2.22. The molecule has 0 bridgehead atoms. The second kappa shape index (κ2) is 7.66. The highest BCUT2D eigenvalue weighted by Gasteiger charge is 2.40. The summed E-state index contributed by atoms with van der Waals surface area (Å²) >= 11 is 5.46. The first-order valence-corrected chi connectivity index (χ1v) is 7.99. The van der Waals surface area contributed by atoms with Crippen LogP contribution in [0.2, 0.25) is 0 Å². The molecule has 0 radical (unpaired) electrons. The molecule has 2 atom stereocenters. The first kappa shape index (κ1) is 17.6. The van der Waals surface area contributed by atoms with E-state index in [1.54, 1.807) is 6.92 Å². The smallest absolute Gasteiger partial charge is 0.410 e. The molecule has 0 aliphatic carbocycles. The van der Waals surface area contributed by atoms with Crippen molar-refractivity contribution >= 4 is 23.6 Å². The van der Waals surface area contributed by atoms with Crippen molar-refractivity contribution in [2.24, 2.45) is 0 Å². The summed E-state index contributed by atoms with van der Waals surface area (Å²) in [4.78, 5) is 25.0. The highest BCUT2D eigenvalue weighted by atomic mass is 35.5. The lowest BCUT2D eigenvalue weighted by Gasteiger charge is -2.42. The number of β-amino-alcohol motifs (C(OH)–C–C–N with tert-alkyl or cyclic N) is 1. The van der Waals surface area contributed by atoms with Crippen molar-refractivity contribution in [2.45, 2.75) is 31.6 Å². The summed E-state index contributed by atoms with van der Waals surface area (Å²) < 4.78 is 5.27. The van der Waals surface area contributed by atoms with Gasteiger partial charge in [-0.15, -0.1) is 11.6 Å². The van der Waals surface area contributed by atoms with E-state index in [1.165, 1.54) is 4.90 Å². The highest BCUT2D eigenvalue weighted by molar-refractivity contribution is 6.27. The Balaban J connectivity index is 1.88. The van der Waals surface area contributed by atoms with Gasteiger partial charge < -0.3 is 20.1 Å². The molecule has 23 heavy (non-hydrogen) atoms. The zero-order chi connectivity index (χ0) is 16.9. The maximum Gasteiger partial charge on any atom is 0.410 e. The van der Waals surface area contributed by atoms with E-state index in [-0.39, 0.29) is 24.9 Å². The Morgan fingerprint density at radius 2 is 2.13 bits per heavy atom. The number of alkyl halides is 1. The van der Waals surface area contributed by atoms with Crippen LogP contribution in [0.3, 0.4) is 0 Å². The molecular formula is C16H21ClN2O4. The largest absolute Gasteiger partial charge is 0.445 e. The van der Waals surface area contributed by atoms with E-state index in [1.807, 2.05) is 30.3 Å². The van der Waals surface area contributed by atoms with E-state index >= 15 is 0 Å². The fraction of sp³-hybridized carbons (Fsp3) is 0.500. The minimum atomic E-state index is -1.23. The van der Waals surface area contributed by atoms with Crippen LogP contribution in [-0.2, 0) is 16.1 Å². The topological polar surface area (TPSA) is 78.9 Å². The first-order chi connectivity index (χ1) is 10.9. The Kier molecular flexibility index (Phi) is 5.85. The number of hydrogen-bond acceptors (Lipinski definition) is 4. The minimum absolute atomic E-state index is 0.0911. The van der Waals surface area contributed by atoms with Crippen LogP contribution in [0, 0.1) is 0 Å². The summed E-state index contributed by atoms with van der Waals surface area (Å²) in [5, 5.41) is 13.2. The third-order valence-corrected chi connectivity index (χ3v) is 4.11. The van der Waals surface area contributed by atoms with Gasteiger partial charge in [-0.3, -0.25) is 4.79 Å². The number of rotatable bonds is 4. The summed E-state index contributed by atoms with van der Waals surface area (Å²) in [7, 11) is 0. The van der Waals surface area contributed by atoms with Gasteiger partial charge in [0.1, 0.15) is 12.5 Å². The van der Waals surface area contributed by atoms with Gasteiger partial charge in [-0.25, -0.2) is 4.79 Å². The van der Waals surface area contributed by atoms with Crippen molar-refractivity contribution in [1.82, 2.24) is 10.2 Å². The molecule has 1 aromatic rings. The Hall–Kier alpha value is -1.79. The number of carbonyl (C=O) groups is 2. The molecule has 2 amide bonds. The predicted octanol–water partition coefficient (Wildman–Crippen LogP) is 1.50. The van der Waals surface area contributed by atoms with Gasteiger partial charge in [0.2, 0.25) is 5.91 Å². The molecule has 2 N–H and O–H groups in total. The van der Waals surface area contributed by atoms with E-state index < -0.39 is 17.7 Å². The van der Waals surface area contributed by atoms with E-state index in [9.17, 15) is 14.7 Å². The monoisotopic (exact) mass is 340 g/mol. The number of nitrogens with one attached hydrogen (secondary N) is 1. The number of likely N-dealkylation sites (tertiary alicyclic amines) is 1. The van der Waals surface area contributed by atoms with E-state index in [2.05, 4.69) is 5.32 Å². The molecule has 0 unspecified atom stereocenters. The average molecular weight is 341 g/mol. The molecule has 126 valence electrons. The number of halogens is 1. The Morgan fingerprint density at radius 3 is 2.74 bits per heavy atom. The van der Waals surface area contributed by atoms with Gasteiger partial charge in [-0.1, -0.05) is 30.3 Å². The molecular weight excluding hydrogens is 320 g/mol. The third kappa shape index (κ3) is 4.84. The van der Waals surface area contributed by atoms with Crippen LogP contribution in [-0.4, -0.2) is 52.6 Å². The van der Waals surface area contributed by atoms with Crippen molar-refractivity contribution in [3.8, 4) is 0 Å². The van der Waals surface area contributed by atoms with Gasteiger partial charge in [0, 0.05) is 6.54 Å². The van der Waals surface area contributed by atoms with Crippen molar-refractivity contribution in [3.05, 3.63) is 35.9 Å². The molecule has 2 rings (SSSR count). The molecule has 0 saturated carbocycles. The van der Waals surface area contributed by atoms with E-state index in [0.717, 1.165) is 5.56 Å². The number of aliphatic hydroxyl groups is 1. The van der Waals surface area contributed by atoms with Gasteiger partial charge in [-0.2, -0.15) is 0 Å². The molecule has 1 aromatic carbocycles. The van der Waals surface area contributed by atoms with Gasteiger partial charge >= 0.3 is 6.09 Å². The van der Waals surface area contributed by atoms with Crippen LogP contribution in [0.1, 0.15) is 18.9 Å². The minimum Gasteiger partial charge on any atom is -0.445 e. The molecule has 1 aliphatic rings. The summed E-state index contributed by atoms with van der Waals surface area (Å²) in [5.41, 5.74) is -0.331. The molecule has 1 aliphatic heterocycles. The van der Waals surface area contributed by atoms with Crippen LogP contribution < -0.4 is 5.32 Å². The lowest BCUT2D eigenvalue weighted by Crippen LogP contribution is -2.62. The normalized spacial score (nSPS) is 24.1. The van der Waals surface area contributed by atoms with Crippen LogP contribution in [0.4, 0.5) is 4.79 Å². The zero-order valence-corrected chi connectivity index (χ0v) is 13.8. The van der Waals surface area contributed by atoms with Gasteiger partial charge in [0.25, 0.3) is 0 Å². The standard InChI is InChI=1S/C16H21ClN2O4/c1-16(22)11-19(8-7-13(16)18-14(20)9-17)15(21)23-10-12-5-3-2-4-6-12/h2-6,13,22H,7-11H2,1H3,(H,18,20)/t13-,16-/m1/s1. The van der Waals surface area contributed by atoms with Crippen molar-refractivity contribution in [3.63, 3.8) is 0 Å². The van der Waals surface area contributed by atoms with Crippen molar-refractivity contribution < 1.29 is 19.4 Å². The van der Waals surface area contributed by atoms with Crippen molar-refractivity contribution in [2.75, 3.05) is 19.0 Å². The number of ether oxygens (including phenoxy) is 1. The lowest BCUT2D eigenvalue weighted by atomic mass is 9.89. The second-order valence-electron chi connectivity index (χ2n) is 5.86. The second-order valence-corrected chi connectivity index (χ2v) is 6.13. The Labute approximate surface area is 140 Å². The van der Waals surface area contributed by atoms with Crippen molar-refractivity contribution in [1.29, 1.82) is 0 Å². The maximum absolute atomic E-state index is 12.1.